The number of hydrogen-bond acceptors (Lipinski definition) is 0. The molecule has 0 N–H and O–H groups in total. The summed E-state index contributed by atoms with van der Waals surface area (Å²) in [4.78, 5) is 0. The summed E-state index contributed by atoms with van der Waals surface area (Å²) in [6.07, 6.45) is 0. The maximum Gasteiger partial charge on any atom is 0.132 e. The Bertz CT molecular complexity index is 658. The van der Waals surface area contributed by atoms with Crippen molar-refractivity contribution < 1.29 is 4.39 Å². The molecule has 20 heavy (non-hydrogen) atoms. The van der Waals surface area contributed by atoms with Gasteiger partial charge in [0.25, 0.3) is 0 Å². The van der Waals surface area contributed by atoms with E-state index >= 15 is 0 Å². The smallest absolute Gasteiger partial charge is 0.132 e. The Morgan fingerprint density at radius 3 is 2.05 bits per heavy atom. The van der Waals surface area contributed by atoms with Crippen LogP contribution in [0.3, 0.4) is 0 Å². The highest BCUT2D eigenvalue weighted by Crippen LogP contribution is 2.41. The van der Waals surface area contributed by atoms with Crippen molar-refractivity contribution in [2.75, 3.05) is 0 Å². The molecule has 0 radical (unpaired) electrons. The lowest BCUT2D eigenvalue weighted by atomic mass is 9.73. The highest BCUT2D eigenvalue weighted by molar-refractivity contribution is 6.35. The van der Waals surface area contributed by atoms with E-state index in [0.29, 0.717) is 10.4 Å². The number of benzene rings is 2. The predicted octanol–water partition coefficient (Wildman–Crippen LogP) is 6.23. The van der Waals surface area contributed by atoms with Crippen molar-refractivity contribution in [2.24, 2.45) is 0 Å². The maximum absolute atomic E-state index is 14.5. The third-order valence-electron chi connectivity index (χ3n) is 3.62. The van der Waals surface area contributed by atoms with E-state index < -0.39 is 0 Å². The van der Waals surface area contributed by atoms with Crippen molar-refractivity contribution in [2.45, 2.75) is 52.4 Å². The van der Waals surface area contributed by atoms with Crippen molar-refractivity contribution in [1.82, 2.24) is 0 Å². The van der Waals surface area contributed by atoms with Gasteiger partial charge in [-0.05, 0) is 39.5 Å². The van der Waals surface area contributed by atoms with E-state index in [0.717, 1.165) is 10.9 Å². The summed E-state index contributed by atoms with van der Waals surface area (Å²) >= 11 is 6.21. The molecule has 0 bridgehead atoms. The number of hydrogen-bond donors (Lipinski definition) is 0. The van der Waals surface area contributed by atoms with Gasteiger partial charge in [0.1, 0.15) is 5.82 Å². The molecule has 2 aromatic rings. The van der Waals surface area contributed by atoms with Crippen LogP contribution >= 0.6 is 11.6 Å². The molecule has 0 aliphatic rings. The molecule has 0 saturated carbocycles. The zero-order chi connectivity index (χ0) is 15.3. The summed E-state index contributed by atoms with van der Waals surface area (Å²) < 4.78 is 14.5. The summed E-state index contributed by atoms with van der Waals surface area (Å²) in [6.45, 7) is 12.8. The lowest BCUT2D eigenvalue weighted by Crippen LogP contribution is -2.23. The van der Waals surface area contributed by atoms with Gasteiger partial charge >= 0.3 is 0 Å². The summed E-state index contributed by atoms with van der Waals surface area (Å²) in [7, 11) is 0. The fraction of sp³-hybridized carbons (Fsp3) is 0.444. The molecule has 0 atom stereocenters. The van der Waals surface area contributed by atoms with Crippen LogP contribution in [0.15, 0.2) is 24.3 Å². The van der Waals surface area contributed by atoms with Gasteiger partial charge in [-0.3, -0.25) is 0 Å². The molecule has 0 aliphatic heterocycles. The average molecular weight is 293 g/mol. The van der Waals surface area contributed by atoms with Gasteiger partial charge in [0.2, 0.25) is 0 Å². The molecular weight excluding hydrogens is 271 g/mol. The Labute approximate surface area is 126 Å². The van der Waals surface area contributed by atoms with Crippen LogP contribution in [-0.4, -0.2) is 0 Å². The molecule has 0 saturated heterocycles. The van der Waals surface area contributed by atoms with Gasteiger partial charge in [0.15, 0.2) is 0 Å². The molecule has 2 heteroatoms. The van der Waals surface area contributed by atoms with Crippen LogP contribution < -0.4 is 0 Å². The van der Waals surface area contributed by atoms with Gasteiger partial charge in [0.05, 0.1) is 5.02 Å². The highest BCUT2D eigenvalue weighted by atomic mass is 35.5. The standard InChI is InChI=1S/C18H22ClF/c1-17(2,3)12-10-14(20)15-11(8-7-9-13(15)19)16(12)18(4,5)6/h7-10H,1-6H3. The van der Waals surface area contributed by atoms with Crippen LogP contribution in [0.2, 0.25) is 5.02 Å². The average Bonchev–Trinajstić information content (AvgIpc) is 2.25. The van der Waals surface area contributed by atoms with Gasteiger partial charge < -0.3 is 0 Å². The normalized spacial score (nSPS) is 13.0. The Hall–Kier alpha value is -1.08. The van der Waals surface area contributed by atoms with Crippen LogP contribution in [0, 0.1) is 5.82 Å². The van der Waals surface area contributed by atoms with Crippen LogP contribution in [0.25, 0.3) is 10.8 Å². The van der Waals surface area contributed by atoms with Crippen molar-refractivity contribution in [3.63, 3.8) is 0 Å². The number of fused-ring (bicyclic) bond motifs is 1. The minimum Gasteiger partial charge on any atom is -0.206 e. The largest absolute Gasteiger partial charge is 0.206 e. The fourth-order valence-corrected chi connectivity index (χ4v) is 3.06. The minimum atomic E-state index is -0.233. The van der Waals surface area contributed by atoms with Crippen LogP contribution in [-0.2, 0) is 10.8 Å². The van der Waals surface area contributed by atoms with E-state index in [1.807, 2.05) is 12.1 Å². The molecule has 108 valence electrons. The number of rotatable bonds is 0. The predicted molar refractivity (Wildman–Crippen MR) is 86.3 cm³/mol. The zero-order valence-electron chi connectivity index (χ0n) is 13.1. The molecule has 0 spiro atoms. The second-order valence-corrected chi connectivity index (χ2v) is 7.85. The molecule has 0 nitrogen and oxygen atoms in total. The lowest BCUT2D eigenvalue weighted by Gasteiger charge is -2.32. The SMILES string of the molecule is CC(C)(C)c1cc(F)c2c(Cl)cccc2c1C(C)(C)C. The third-order valence-corrected chi connectivity index (χ3v) is 3.94. The van der Waals surface area contributed by atoms with E-state index in [2.05, 4.69) is 41.5 Å². The van der Waals surface area contributed by atoms with E-state index in [4.69, 9.17) is 11.6 Å². The van der Waals surface area contributed by atoms with Gasteiger partial charge in [-0.2, -0.15) is 0 Å². The molecule has 0 aromatic heterocycles. The van der Waals surface area contributed by atoms with Crippen molar-refractivity contribution in [3.8, 4) is 0 Å². The number of halogens is 2. The maximum atomic E-state index is 14.5. The van der Waals surface area contributed by atoms with Crippen LogP contribution in [0.5, 0.6) is 0 Å². The van der Waals surface area contributed by atoms with E-state index in [-0.39, 0.29) is 16.6 Å². The highest BCUT2D eigenvalue weighted by Gasteiger charge is 2.28. The molecule has 0 amide bonds. The molecular formula is C18H22ClF. The van der Waals surface area contributed by atoms with Gasteiger partial charge in [0, 0.05) is 5.39 Å². The Balaban J connectivity index is 3.04. The second-order valence-electron chi connectivity index (χ2n) is 7.44. The van der Waals surface area contributed by atoms with Gasteiger partial charge in [-0.1, -0.05) is 65.3 Å². The Morgan fingerprint density at radius 2 is 1.55 bits per heavy atom. The molecule has 2 aromatic carbocycles. The zero-order valence-corrected chi connectivity index (χ0v) is 13.8. The lowest BCUT2D eigenvalue weighted by molar-refractivity contribution is 0.527. The van der Waals surface area contributed by atoms with Crippen LogP contribution in [0.4, 0.5) is 4.39 Å². The second kappa shape index (κ2) is 4.73. The molecule has 0 fully saturated rings. The first-order valence-corrected chi connectivity index (χ1v) is 7.33. The third kappa shape index (κ3) is 2.56. The van der Waals surface area contributed by atoms with E-state index in [1.54, 1.807) is 12.1 Å². The fourth-order valence-electron chi connectivity index (χ4n) is 2.79. The molecule has 0 unspecified atom stereocenters. The topological polar surface area (TPSA) is 0 Å². The summed E-state index contributed by atoms with van der Waals surface area (Å²) in [5, 5.41) is 1.94. The molecule has 2 rings (SSSR count). The summed E-state index contributed by atoms with van der Waals surface area (Å²) in [5.41, 5.74) is 2.06. The first kappa shape index (κ1) is 15.3. The van der Waals surface area contributed by atoms with Gasteiger partial charge in [-0.25, -0.2) is 4.39 Å². The van der Waals surface area contributed by atoms with Crippen molar-refractivity contribution >= 4 is 22.4 Å². The van der Waals surface area contributed by atoms with Crippen molar-refractivity contribution in [3.05, 3.63) is 46.2 Å². The molecule has 0 heterocycles. The Kier molecular flexibility index (Phi) is 3.62. The first-order chi connectivity index (χ1) is 9.03. The Morgan fingerprint density at radius 1 is 0.950 bits per heavy atom. The van der Waals surface area contributed by atoms with Crippen LogP contribution in [0.1, 0.15) is 52.7 Å². The first-order valence-electron chi connectivity index (χ1n) is 6.95. The quantitative estimate of drug-likeness (QED) is 0.540. The monoisotopic (exact) mass is 292 g/mol. The van der Waals surface area contributed by atoms with Gasteiger partial charge in [-0.15, -0.1) is 0 Å². The summed E-state index contributed by atoms with van der Waals surface area (Å²) in [6, 6.07) is 7.27. The van der Waals surface area contributed by atoms with E-state index in [9.17, 15) is 4.39 Å². The molecule has 0 aliphatic carbocycles. The van der Waals surface area contributed by atoms with Crippen molar-refractivity contribution in [1.29, 1.82) is 0 Å². The summed E-state index contributed by atoms with van der Waals surface area (Å²) in [5.74, 6) is -0.233. The van der Waals surface area contributed by atoms with E-state index in [1.165, 1.54) is 5.56 Å². The minimum absolute atomic E-state index is 0.0702.